The number of para-hydroxylation sites is 1. The molecular weight excluding hydrogens is 214 g/mol. The maximum atomic E-state index is 9.73. The Kier molecular flexibility index (Phi) is 3.44. The highest BCUT2D eigenvalue weighted by Gasteiger charge is 2.09. The fourth-order valence-corrected chi connectivity index (χ4v) is 1.77. The van der Waals surface area contributed by atoms with Gasteiger partial charge in [-0.2, -0.15) is 0 Å². The molecule has 0 amide bonds. The molecule has 4 nitrogen and oxygen atoms in total. The number of phenols is 1. The molecule has 0 saturated heterocycles. The highest BCUT2D eigenvalue weighted by molar-refractivity contribution is 5.34. The predicted molar refractivity (Wildman–Crippen MR) is 66.6 cm³/mol. The summed E-state index contributed by atoms with van der Waals surface area (Å²) in [6.07, 6.45) is 3.70. The minimum atomic E-state index is 0.0906. The maximum absolute atomic E-state index is 9.73. The van der Waals surface area contributed by atoms with E-state index in [4.69, 9.17) is 0 Å². The number of phenolic OH excluding ortho intramolecular Hbond substituents is 1. The number of hydrogen-bond donors (Lipinski definition) is 2. The molecule has 1 aromatic heterocycles. The van der Waals surface area contributed by atoms with Crippen LogP contribution in [0.5, 0.6) is 5.75 Å². The van der Waals surface area contributed by atoms with E-state index in [1.807, 2.05) is 42.9 Å². The zero-order valence-corrected chi connectivity index (χ0v) is 10.1. The van der Waals surface area contributed by atoms with Gasteiger partial charge in [0, 0.05) is 31.0 Å². The third-order valence-electron chi connectivity index (χ3n) is 2.89. The van der Waals surface area contributed by atoms with E-state index in [1.54, 1.807) is 12.3 Å². The van der Waals surface area contributed by atoms with Gasteiger partial charge in [-0.05, 0) is 13.0 Å². The lowest BCUT2D eigenvalue weighted by Gasteiger charge is -2.15. The van der Waals surface area contributed by atoms with Crippen molar-refractivity contribution in [3.8, 4) is 5.75 Å². The first-order valence-corrected chi connectivity index (χ1v) is 5.66. The van der Waals surface area contributed by atoms with Crippen molar-refractivity contribution >= 4 is 0 Å². The summed E-state index contributed by atoms with van der Waals surface area (Å²) in [5.41, 5.74) is 0.904. The molecule has 2 aromatic rings. The van der Waals surface area contributed by atoms with Gasteiger partial charge in [0.1, 0.15) is 11.6 Å². The highest BCUT2D eigenvalue weighted by atomic mass is 16.3. The molecule has 0 spiro atoms. The summed E-state index contributed by atoms with van der Waals surface area (Å²) in [7, 11) is 1.97. The largest absolute Gasteiger partial charge is 0.508 e. The van der Waals surface area contributed by atoms with Crippen molar-refractivity contribution in [2.24, 2.45) is 7.05 Å². The number of nitrogens with zero attached hydrogens (tertiary/aromatic N) is 2. The molecule has 0 radical (unpaired) electrons. The minimum Gasteiger partial charge on any atom is -0.508 e. The van der Waals surface area contributed by atoms with Gasteiger partial charge in [-0.25, -0.2) is 4.98 Å². The number of benzene rings is 1. The molecular formula is C13H17N3O. The van der Waals surface area contributed by atoms with Gasteiger partial charge in [-0.15, -0.1) is 0 Å². The molecule has 1 atom stereocenters. The van der Waals surface area contributed by atoms with Crippen molar-refractivity contribution in [1.29, 1.82) is 0 Å². The van der Waals surface area contributed by atoms with E-state index in [0.717, 1.165) is 11.4 Å². The van der Waals surface area contributed by atoms with Gasteiger partial charge >= 0.3 is 0 Å². The van der Waals surface area contributed by atoms with E-state index in [2.05, 4.69) is 10.3 Å². The summed E-state index contributed by atoms with van der Waals surface area (Å²) in [6.45, 7) is 2.71. The van der Waals surface area contributed by atoms with Crippen LogP contribution in [0.2, 0.25) is 0 Å². The third-order valence-corrected chi connectivity index (χ3v) is 2.89. The Morgan fingerprint density at radius 2 is 2.18 bits per heavy atom. The van der Waals surface area contributed by atoms with Crippen LogP contribution in [0.25, 0.3) is 0 Å². The molecule has 2 N–H and O–H groups in total. The number of aromatic nitrogens is 2. The maximum Gasteiger partial charge on any atom is 0.122 e. The lowest BCUT2D eigenvalue weighted by molar-refractivity contribution is 0.450. The lowest BCUT2D eigenvalue weighted by atomic mass is 10.1. The Bertz CT molecular complexity index is 493. The third kappa shape index (κ3) is 2.65. The van der Waals surface area contributed by atoms with Crippen LogP contribution in [0.15, 0.2) is 36.7 Å². The van der Waals surface area contributed by atoms with Gasteiger partial charge in [-0.1, -0.05) is 18.2 Å². The molecule has 1 aromatic carbocycles. The second-order valence-corrected chi connectivity index (χ2v) is 4.12. The Morgan fingerprint density at radius 1 is 1.41 bits per heavy atom. The van der Waals surface area contributed by atoms with E-state index >= 15 is 0 Å². The van der Waals surface area contributed by atoms with Crippen LogP contribution in [0.4, 0.5) is 0 Å². The van der Waals surface area contributed by atoms with Crippen molar-refractivity contribution in [2.45, 2.75) is 19.5 Å². The zero-order chi connectivity index (χ0) is 12.3. The Hall–Kier alpha value is -1.81. The van der Waals surface area contributed by atoms with Crippen LogP contribution in [0, 0.1) is 0 Å². The molecule has 0 fully saturated rings. The van der Waals surface area contributed by atoms with Gasteiger partial charge in [-0.3, -0.25) is 0 Å². The first-order valence-electron chi connectivity index (χ1n) is 5.66. The SMILES string of the molecule is CC(NCc1nccn1C)c1ccccc1O. The van der Waals surface area contributed by atoms with Gasteiger partial charge in [0.2, 0.25) is 0 Å². The van der Waals surface area contributed by atoms with Crippen LogP contribution in [0.3, 0.4) is 0 Å². The average Bonchev–Trinajstić information content (AvgIpc) is 2.72. The summed E-state index contributed by atoms with van der Waals surface area (Å²) >= 11 is 0. The monoisotopic (exact) mass is 231 g/mol. The first-order chi connectivity index (χ1) is 8.18. The van der Waals surface area contributed by atoms with Crippen molar-refractivity contribution < 1.29 is 5.11 Å². The number of rotatable bonds is 4. The number of nitrogens with one attached hydrogen (secondary N) is 1. The molecule has 0 bridgehead atoms. The van der Waals surface area contributed by atoms with Crippen LogP contribution in [0.1, 0.15) is 24.4 Å². The quantitative estimate of drug-likeness (QED) is 0.846. The Balaban J connectivity index is 2.01. The smallest absolute Gasteiger partial charge is 0.122 e. The molecule has 17 heavy (non-hydrogen) atoms. The number of hydrogen-bond acceptors (Lipinski definition) is 3. The topological polar surface area (TPSA) is 50.1 Å². The normalized spacial score (nSPS) is 12.6. The first kappa shape index (κ1) is 11.7. The average molecular weight is 231 g/mol. The van der Waals surface area contributed by atoms with Crippen LogP contribution < -0.4 is 5.32 Å². The number of aryl methyl sites for hydroxylation is 1. The fraction of sp³-hybridized carbons (Fsp3) is 0.308. The van der Waals surface area contributed by atoms with E-state index in [0.29, 0.717) is 12.3 Å². The second-order valence-electron chi connectivity index (χ2n) is 4.12. The standard InChI is InChI=1S/C13H17N3O/c1-10(11-5-3-4-6-12(11)17)15-9-13-14-7-8-16(13)2/h3-8,10,15,17H,9H2,1-2H3. The zero-order valence-electron chi connectivity index (χ0n) is 10.1. The van der Waals surface area contributed by atoms with E-state index in [1.165, 1.54) is 0 Å². The molecule has 0 saturated carbocycles. The summed E-state index contributed by atoms with van der Waals surface area (Å²) in [6, 6.07) is 7.46. The van der Waals surface area contributed by atoms with Gasteiger partial charge < -0.3 is 15.0 Å². The van der Waals surface area contributed by atoms with E-state index in [-0.39, 0.29) is 6.04 Å². The molecule has 0 aliphatic rings. The molecule has 2 rings (SSSR count). The Labute approximate surface area is 101 Å². The molecule has 1 unspecified atom stereocenters. The fourth-order valence-electron chi connectivity index (χ4n) is 1.77. The summed E-state index contributed by atoms with van der Waals surface area (Å²) < 4.78 is 1.98. The lowest BCUT2D eigenvalue weighted by Crippen LogP contribution is -2.20. The molecule has 90 valence electrons. The number of aromatic hydroxyl groups is 1. The summed E-state index contributed by atoms with van der Waals surface area (Å²) in [5, 5.41) is 13.1. The van der Waals surface area contributed by atoms with Gasteiger partial charge in [0.25, 0.3) is 0 Å². The van der Waals surface area contributed by atoms with Crippen molar-refractivity contribution in [2.75, 3.05) is 0 Å². The van der Waals surface area contributed by atoms with Crippen molar-refractivity contribution in [3.05, 3.63) is 48.0 Å². The van der Waals surface area contributed by atoms with Crippen LogP contribution in [-0.4, -0.2) is 14.7 Å². The summed E-state index contributed by atoms with van der Waals surface area (Å²) in [4.78, 5) is 4.24. The molecule has 4 heteroatoms. The van der Waals surface area contributed by atoms with Gasteiger partial charge in [0.05, 0.1) is 6.54 Å². The predicted octanol–water partition coefficient (Wildman–Crippen LogP) is 1.98. The van der Waals surface area contributed by atoms with Crippen molar-refractivity contribution in [3.63, 3.8) is 0 Å². The Morgan fingerprint density at radius 3 is 2.82 bits per heavy atom. The molecule has 0 aliphatic heterocycles. The highest BCUT2D eigenvalue weighted by Crippen LogP contribution is 2.23. The van der Waals surface area contributed by atoms with Crippen molar-refractivity contribution in [1.82, 2.24) is 14.9 Å². The molecule has 1 heterocycles. The number of imidazole rings is 1. The summed E-state index contributed by atoms with van der Waals surface area (Å²) in [5.74, 6) is 1.31. The second kappa shape index (κ2) is 5.01. The van der Waals surface area contributed by atoms with E-state index < -0.39 is 0 Å². The molecule has 0 aliphatic carbocycles. The van der Waals surface area contributed by atoms with Gasteiger partial charge in [0.15, 0.2) is 0 Å². The van der Waals surface area contributed by atoms with Crippen LogP contribution in [-0.2, 0) is 13.6 Å². The minimum absolute atomic E-state index is 0.0906. The van der Waals surface area contributed by atoms with E-state index in [9.17, 15) is 5.11 Å². The van der Waals surface area contributed by atoms with Crippen LogP contribution >= 0.6 is 0 Å².